The Bertz CT molecular complexity index is 275. The summed E-state index contributed by atoms with van der Waals surface area (Å²) in [6, 6.07) is 0. The van der Waals surface area contributed by atoms with Crippen LogP contribution in [-0.4, -0.2) is 15.0 Å². The molecule has 4 fully saturated rings. The Balaban J connectivity index is 2.01. The molecule has 0 aromatic rings. The van der Waals surface area contributed by atoms with Crippen LogP contribution in [0, 0.1) is 23.2 Å². The molecule has 0 aliphatic heterocycles. The molecule has 0 saturated heterocycles. The van der Waals surface area contributed by atoms with Crippen LogP contribution in [0.3, 0.4) is 0 Å². The van der Waals surface area contributed by atoms with Crippen LogP contribution in [0.2, 0.25) is 0 Å². The maximum absolute atomic E-state index is 11.5. The lowest BCUT2D eigenvalue weighted by molar-refractivity contribution is -0.162. The molecular weight excluding hydrogens is 291 g/mol. The minimum Gasteiger partial charge on any atom is -0.481 e. The van der Waals surface area contributed by atoms with E-state index in [-0.39, 0.29) is 5.41 Å². The zero-order valence-corrected chi connectivity index (χ0v) is 10.2. The minimum absolute atomic E-state index is 0.338. The number of rotatable bonds is 1. The van der Waals surface area contributed by atoms with Crippen LogP contribution in [0.15, 0.2) is 0 Å². The fraction of sp³-hybridized carbons (Fsp3) is 0.909. The van der Waals surface area contributed by atoms with E-state index in [9.17, 15) is 9.90 Å². The summed E-state index contributed by atoms with van der Waals surface area (Å²) in [6.45, 7) is 0. The molecule has 14 heavy (non-hydrogen) atoms. The van der Waals surface area contributed by atoms with Gasteiger partial charge in [-0.2, -0.15) is 0 Å². The van der Waals surface area contributed by atoms with Gasteiger partial charge in [-0.3, -0.25) is 4.79 Å². The first-order chi connectivity index (χ1) is 6.62. The molecule has 4 aliphatic rings. The first kappa shape index (κ1) is 9.43. The quantitative estimate of drug-likeness (QED) is 0.597. The second kappa shape index (κ2) is 2.86. The summed E-state index contributed by atoms with van der Waals surface area (Å²) in [6.07, 6.45) is 5.85. The van der Waals surface area contributed by atoms with Crippen molar-refractivity contribution < 1.29 is 9.90 Å². The van der Waals surface area contributed by atoms with Crippen molar-refractivity contribution in [2.75, 3.05) is 0 Å². The maximum atomic E-state index is 11.5. The highest BCUT2D eigenvalue weighted by Crippen LogP contribution is 2.62. The van der Waals surface area contributed by atoms with Crippen molar-refractivity contribution in [1.29, 1.82) is 0 Å². The van der Waals surface area contributed by atoms with Gasteiger partial charge in [-0.25, -0.2) is 0 Å². The summed E-state index contributed by atoms with van der Waals surface area (Å²) in [5, 5.41) is 9.44. The molecule has 4 aliphatic carbocycles. The Hall–Kier alpha value is 0.200. The van der Waals surface area contributed by atoms with E-state index in [2.05, 4.69) is 22.6 Å². The molecule has 78 valence electrons. The molecular formula is C11H15IO2. The Labute approximate surface area is 97.6 Å². The molecule has 0 aromatic carbocycles. The molecule has 5 atom stereocenters. The molecule has 1 N–H and O–H groups in total. The predicted octanol–water partition coefficient (Wildman–Crippen LogP) is 2.70. The number of carbonyl (C=O) groups is 1. The Kier molecular flexibility index (Phi) is 1.93. The van der Waals surface area contributed by atoms with Gasteiger partial charge in [0.2, 0.25) is 0 Å². The van der Waals surface area contributed by atoms with Crippen LogP contribution in [0.5, 0.6) is 0 Å². The Morgan fingerprint density at radius 1 is 1.21 bits per heavy atom. The normalized spacial score (nSPS) is 54.9. The first-order valence-corrected chi connectivity index (χ1v) is 6.74. The Morgan fingerprint density at radius 3 is 2.29 bits per heavy atom. The summed E-state index contributed by atoms with van der Waals surface area (Å²) >= 11 is 2.41. The molecule has 0 aromatic heterocycles. The maximum Gasteiger partial charge on any atom is 0.310 e. The van der Waals surface area contributed by atoms with Crippen molar-refractivity contribution in [3.05, 3.63) is 0 Å². The highest BCUT2D eigenvalue weighted by atomic mass is 127. The van der Waals surface area contributed by atoms with Crippen molar-refractivity contribution in [1.82, 2.24) is 0 Å². The topological polar surface area (TPSA) is 37.3 Å². The highest BCUT2D eigenvalue weighted by Gasteiger charge is 2.59. The summed E-state index contributed by atoms with van der Waals surface area (Å²) in [4.78, 5) is 11.5. The largest absolute Gasteiger partial charge is 0.481 e. The highest BCUT2D eigenvalue weighted by molar-refractivity contribution is 14.1. The van der Waals surface area contributed by atoms with Crippen molar-refractivity contribution in [2.24, 2.45) is 23.2 Å². The van der Waals surface area contributed by atoms with Crippen molar-refractivity contribution in [3.63, 3.8) is 0 Å². The third kappa shape index (κ3) is 1.05. The van der Waals surface area contributed by atoms with E-state index >= 15 is 0 Å². The second-order valence-electron chi connectivity index (χ2n) is 5.47. The molecule has 4 saturated carbocycles. The van der Waals surface area contributed by atoms with E-state index in [0.717, 1.165) is 24.7 Å². The van der Waals surface area contributed by atoms with E-state index < -0.39 is 5.97 Å². The van der Waals surface area contributed by atoms with Crippen LogP contribution in [0.25, 0.3) is 0 Å². The van der Waals surface area contributed by atoms with Crippen LogP contribution in [-0.2, 0) is 4.79 Å². The van der Waals surface area contributed by atoms with Crippen LogP contribution < -0.4 is 0 Å². The summed E-state index contributed by atoms with van der Waals surface area (Å²) in [7, 11) is 0. The summed E-state index contributed by atoms with van der Waals surface area (Å²) in [5.74, 6) is 1.65. The zero-order valence-electron chi connectivity index (χ0n) is 8.08. The molecule has 0 heterocycles. The van der Waals surface area contributed by atoms with E-state index in [4.69, 9.17) is 0 Å². The van der Waals surface area contributed by atoms with Gasteiger partial charge in [-0.1, -0.05) is 22.6 Å². The van der Waals surface area contributed by atoms with Crippen molar-refractivity contribution in [3.8, 4) is 0 Å². The van der Waals surface area contributed by atoms with Gasteiger partial charge in [0.05, 0.1) is 5.41 Å². The van der Waals surface area contributed by atoms with Gasteiger partial charge >= 0.3 is 5.97 Å². The van der Waals surface area contributed by atoms with Gasteiger partial charge in [0.1, 0.15) is 0 Å². The molecule has 0 spiro atoms. The molecule has 2 unspecified atom stereocenters. The van der Waals surface area contributed by atoms with Gasteiger partial charge in [0, 0.05) is 3.92 Å². The van der Waals surface area contributed by atoms with Crippen LogP contribution >= 0.6 is 22.6 Å². The molecule has 4 bridgehead atoms. The first-order valence-electron chi connectivity index (χ1n) is 5.49. The average Bonchev–Trinajstić information content (AvgIpc) is 2.12. The van der Waals surface area contributed by atoms with E-state index in [1.54, 1.807) is 0 Å². The lowest BCUT2D eigenvalue weighted by Crippen LogP contribution is -2.57. The Morgan fingerprint density at radius 2 is 1.79 bits per heavy atom. The van der Waals surface area contributed by atoms with Gasteiger partial charge in [0.15, 0.2) is 0 Å². The van der Waals surface area contributed by atoms with Gasteiger partial charge < -0.3 is 5.11 Å². The lowest BCUT2D eigenvalue weighted by atomic mass is 9.49. The van der Waals surface area contributed by atoms with E-state index in [0.29, 0.717) is 9.84 Å². The SMILES string of the molecule is O=C(O)C12C[C@@H]3CC(C[C@@H](C3)C1)[C@@H]2I. The third-order valence-corrected chi connectivity index (χ3v) is 6.82. The fourth-order valence-corrected chi connectivity index (χ4v) is 5.63. The van der Waals surface area contributed by atoms with Crippen LogP contribution in [0.4, 0.5) is 0 Å². The zero-order chi connectivity index (χ0) is 9.92. The monoisotopic (exact) mass is 306 g/mol. The minimum atomic E-state index is -0.518. The van der Waals surface area contributed by atoms with Gasteiger partial charge in [-0.15, -0.1) is 0 Å². The predicted molar refractivity (Wildman–Crippen MR) is 61.4 cm³/mol. The van der Waals surface area contributed by atoms with Crippen molar-refractivity contribution >= 4 is 28.6 Å². The number of hydrogen-bond donors (Lipinski definition) is 1. The molecule has 4 rings (SSSR count). The summed E-state index contributed by atoms with van der Waals surface area (Å²) < 4.78 is 0.394. The number of alkyl halides is 1. The lowest BCUT2D eigenvalue weighted by Gasteiger charge is -2.57. The number of aliphatic carboxylic acids is 1. The van der Waals surface area contributed by atoms with E-state index in [1.807, 2.05) is 0 Å². The molecule has 3 heteroatoms. The average molecular weight is 306 g/mol. The number of carboxylic acid groups (broad SMARTS) is 1. The standard InChI is InChI=1S/C11H15IO2/c12-9-8-2-6-1-7(3-8)5-11(9,4-6)10(13)14/h6-9H,1-5H2,(H,13,14)/t6-,7+,8?,9-,11?/m0/s1. The van der Waals surface area contributed by atoms with Gasteiger partial charge in [-0.05, 0) is 49.9 Å². The third-order valence-electron chi connectivity index (χ3n) is 4.61. The van der Waals surface area contributed by atoms with Crippen LogP contribution in [0.1, 0.15) is 32.1 Å². The van der Waals surface area contributed by atoms with Crippen molar-refractivity contribution in [2.45, 2.75) is 36.0 Å². The number of hydrogen-bond acceptors (Lipinski definition) is 1. The van der Waals surface area contributed by atoms with E-state index in [1.165, 1.54) is 19.3 Å². The molecule has 0 amide bonds. The second-order valence-corrected chi connectivity index (χ2v) is 6.81. The number of halogens is 1. The fourth-order valence-electron chi connectivity index (χ4n) is 4.27. The smallest absolute Gasteiger partial charge is 0.310 e. The molecule has 2 nitrogen and oxygen atoms in total. The summed E-state index contributed by atoms with van der Waals surface area (Å²) in [5.41, 5.74) is -0.338. The number of carboxylic acids is 1. The molecule has 0 radical (unpaired) electrons. The van der Waals surface area contributed by atoms with Gasteiger partial charge in [0.25, 0.3) is 0 Å².